The van der Waals surface area contributed by atoms with Gasteiger partial charge in [-0.15, -0.1) is 0 Å². The van der Waals surface area contributed by atoms with Crippen molar-refractivity contribution in [2.75, 3.05) is 13.2 Å². The van der Waals surface area contributed by atoms with Crippen molar-refractivity contribution < 1.29 is 32.9 Å². The van der Waals surface area contributed by atoms with Crippen LogP contribution < -0.4 is 10.1 Å². The second kappa shape index (κ2) is 8.29. The number of alkyl halides is 3. The lowest BCUT2D eigenvalue weighted by molar-refractivity contribution is -0.137. The fraction of sp³-hybridized carbons (Fsp3) is 0.444. The summed E-state index contributed by atoms with van der Waals surface area (Å²) in [5.41, 5.74) is -1.63. The van der Waals surface area contributed by atoms with Gasteiger partial charge in [-0.25, -0.2) is 9.97 Å². The number of rotatable bonds is 6. The van der Waals surface area contributed by atoms with Gasteiger partial charge in [0.15, 0.2) is 0 Å². The van der Waals surface area contributed by atoms with Crippen molar-refractivity contribution >= 4 is 5.91 Å². The summed E-state index contributed by atoms with van der Waals surface area (Å²) >= 11 is 0. The molecule has 1 unspecified atom stereocenters. The van der Waals surface area contributed by atoms with Crippen molar-refractivity contribution in [2.45, 2.75) is 31.2 Å². The number of hydrogen-bond donors (Lipinski definition) is 3. The van der Waals surface area contributed by atoms with Gasteiger partial charge in [0.05, 0.1) is 30.6 Å². The van der Waals surface area contributed by atoms with E-state index in [9.17, 15) is 28.2 Å². The van der Waals surface area contributed by atoms with Crippen molar-refractivity contribution in [3.8, 4) is 5.88 Å². The maximum Gasteiger partial charge on any atom is 0.417 e. The highest BCUT2D eigenvalue weighted by atomic mass is 19.4. The van der Waals surface area contributed by atoms with Crippen molar-refractivity contribution in [1.82, 2.24) is 20.3 Å². The molecule has 3 atom stereocenters. The van der Waals surface area contributed by atoms with Crippen LogP contribution in [-0.4, -0.2) is 56.4 Å². The van der Waals surface area contributed by atoms with Crippen LogP contribution in [0.25, 0.3) is 0 Å². The summed E-state index contributed by atoms with van der Waals surface area (Å²) in [6.45, 7) is -0.0165. The van der Waals surface area contributed by atoms with Crippen LogP contribution in [-0.2, 0) is 6.18 Å². The highest BCUT2D eigenvalue weighted by Gasteiger charge is 2.45. The van der Waals surface area contributed by atoms with Gasteiger partial charge in [0.1, 0.15) is 5.69 Å². The number of aromatic nitrogens is 3. The minimum absolute atomic E-state index is 0.0338. The second-order valence-electron chi connectivity index (χ2n) is 6.99. The molecule has 2 aromatic heterocycles. The Balaban J connectivity index is 1.66. The monoisotopic (exact) mass is 412 g/mol. The molecule has 3 N–H and O–H groups in total. The molecule has 1 saturated carbocycles. The number of amides is 1. The highest BCUT2D eigenvalue weighted by molar-refractivity contribution is 5.91. The van der Waals surface area contributed by atoms with Gasteiger partial charge >= 0.3 is 6.18 Å². The third-order valence-electron chi connectivity index (χ3n) is 4.74. The summed E-state index contributed by atoms with van der Waals surface area (Å²) in [6, 6.07) is 1.94. The average Bonchev–Trinajstić information content (AvgIpc) is 2.99. The van der Waals surface area contributed by atoms with Crippen molar-refractivity contribution in [3.63, 3.8) is 0 Å². The maximum atomic E-state index is 12.6. The minimum Gasteiger partial charge on any atom is -0.477 e. The molecule has 2 heterocycles. The zero-order chi connectivity index (χ0) is 21.1. The average molecular weight is 412 g/mol. The molecule has 0 spiro atoms. The predicted octanol–water partition coefficient (Wildman–Crippen LogP) is 1.20. The Morgan fingerprint density at radius 2 is 1.90 bits per heavy atom. The minimum atomic E-state index is -4.50. The van der Waals surface area contributed by atoms with Gasteiger partial charge in [-0.2, -0.15) is 13.2 Å². The Morgan fingerprint density at radius 1 is 1.17 bits per heavy atom. The third kappa shape index (κ3) is 5.18. The maximum absolute atomic E-state index is 12.6. The molecule has 1 aliphatic carbocycles. The molecule has 0 aromatic carbocycles. The zero-order valence-corrected chi connectivity index (χ0v) is 15.1. The summed E-state index contributed by atoms with van der Waals surface area (Å²) in [4.78, 5) is 23.6. The molecule has 1 fully saturated rings. The highest BCUT2D eigenvalue weighted by Crippen LogP contribution is 2.39. The van der Waals surface area contributed by atoms with Gasteiger partial charge in [-0.05, 0) is 18.9 Å². The first-order valence-electron chi connectivity index (χ1n) is 8.75. The molecule has 0 saturated heterocycles. The number of ether oxygens (including phenoxy) is 1. The largest absolute Gasteiger partial charge is 0.477 e. The van der Waals surface area contributed by atoms with E-state index in [0.717, 1.165) is 12.1 Å². The van der Waals surface area contributed by atoms with Gasteiger partial charge in [0.25, 0.3) is 5.91 Å². The summed E-state index contributed by atoms with van der Waals surface area (Å²) in [6.07, 6.45) is -1.50. The van der Waals surface area contributed by atoms with Crippen molar-refractivity contribution in [2.24, 2.45) is 5.41 Å². The number of pyridine rings is 1. The summed E-state index contributed by atoms with van der Waals surface area (Å²) < 4.78 is 43.4. The number of nitrogens with one attached hydrogen (secondary N) is 1. The Morgan fingerprint density at radius 3 is 2.45 bits per heavy atom. The van der Waals surface area contributed by atoms with Gasteiger partial charge in [-0.1, -0.05) is 0 Å². The number of halogens is 3. The molecule has 1 amide bonds. The summed E-state index contributed by atoms with van der Waals surface area (Å²) in [5.74, 6) is -0.519. The number of hydrogen-bond acceptors (Lipinski definition) is 7. The van der Waals surface area contributed by atoms with E-state index in [1.54, 1.807) is 0 Å². The van der Waals surface area contributed by atoms with Gasteiger partial charge in [-0.3, -0.25) is 9.78 Å². The molecule has 29 heavy (non-hydrogen) atoms. The number of carbonyl (C=O) groups excluding carboxylic acids is 1. The third-order valence-corrected chi connectivity index (χ3v) is 4.74. The quantitative estimate of drug-likeness (QED) is 0.653. The molecule has 156 valence electrons. The number of nitrogens with zero attached hydrogens (tertiary/aromatic N) is 3. The van der Waals surface area contributed by atoms with Gasteiger partial charge in [0, 0.05) is 36.6 Å². The molecule has 11 heteroatoms. The van der Waals surface area contributed by atoms with Crippen LogP contribution in [0.4, 0.5) is 13.2 Å². The second-order valence-corrected chi connectivity index (χ2v) is 6.99. The standard InChI is InChI=1S/C18H19F3N4O4/c19-18(20,21)11-1-2-15(24-7-11)29-10-17(5-13(26)14(27)6-17)9-25-16(28)12-8-22-3-4-23-12/h1-4,7-8,13-14,26-27H,5-6,9-10H2,(H,25,28)/t13-,14+,17?. The Labute approximate surface area is 163 Å². The Hall–Kier alpha value is -2.79. The Bertz CT molecular complexity index is 823. The lowest BCUT2D eigenvalue weighted by Crippen LogP contribution is -2.41. The first-order chi connectivity index (χ1) is 13.7. The van der Waals surface area contributed by atoms with E-state index in [4.69, 9.17) is 4.74 Å². The predicted molar refractivity (Wildman–Crippen MR) is 92.8 cm³/mol. The number of carbonyl (C=O) groups is 1. The van der Waals surface area contributed by atoms with E-state index in [2.05, 4.69) is 20.3 Å². The molecule has 0 aliphatic heterocycles. The molecule has 1 aliphatic rings. The van der Waals surface area contributed by atoms with Crippen LogP contribution in [0.5, 0.6) is 5.88 Å². The van der Waals surface area contributed by atoms with Crippen molar-refractivity contribution in [3.05, 3.63) is 48.2 Å². The van der Waals surface area contributed by atoms with E-state index in [-0.39, 0.29) is 37.6 Å². The molecular weight excluding hydrogens is 393 g/mol. The SMILES string of the molecule is O=C(NCC1(COc2ccc(C(F)(F)F)cn2)C[C@@H](O)[C@@H](O)C1)c1cnccn1. The van der Waals surface area contributed by atoms with Crippen molar-refractivity contribution in [1.29, 1.82) is 0 Å². The van der Waals surface area contributed by atoms with Crippen LogP contribution in [0.3, 0.4) is 0 Å². The van der Waals surface area contributed by atoms with Crippen LogP contribution in [0, 0.1) is 5.41 Å². The number of aliphatic hydroxyl groups is 2. The topological polar surface area (TPSA) is 117 Å². The molecular formula is C18H19F3N4O4. The zero-order valence-electron chi connectivity index (χ0n) is 15.1. The smallest absolute Gasteiger partial charge is 0.417 e. The van der Waals surface area contributed by atoms with Gasteiger partial charge < -0.3 is 20.3 Å². The fourth-order valence-electron chi connectivity index (χ4n) is 3.19. The molecule has 2 aromatic rings. The summed E-state index contributed by atoms with van der Waals surface area (Å²) in [5, 5.41) is 22.6. The lowest BCUT2D eigenvalue weighted by atomic mass is 9.86. The molecule has 8 nitrogen and oxygen atoms in total. The molecule has 0 bridgehead atoms. The van der Waals surface area contributed by atoms with E-state index < -0.39 is 35.3 Å². The van der Waals surface area contributed by atoms with Crippen LogP contribution >= 0.6 is 0 Å². The molecule has 0 radical (unpaired) electrons. The summed E-state index contributed by atoms with van der Waals surface area (Å²) in [7, 11) is 0. The van der Waals surface area contributed by atoms with Crippen LogP contribution in [0.15, 0.2) is 36.9 Å². The normalized spacial score (nSPS) is 24.3. The molecule has 3 rings (SSSR count). The van der Waals surface area contributed by atoms with E-state index in [1.165, 1.54) is 18.6 Å². The number of aliphatic hydroxyl groups excluding tert-OH is 2. The van der Waals surface area contributed by atoms with E-state index >= 15 is 0 Å². The van der Waals surface area contributed by atoms with E-state index in [0.29, 0.717) is 6.20 Å². The first kappa shape index (κ1) is 20.9. The lowest BCUT2D eigenvalue weighted by Gasteiger charge is -2.29. The Kier molecular flexibility index (Phi) is 5.99. The van der Waals surface area contributed by atoms with Crippen LogP contribution in [0.1, 0.15) is 28.9 Å². The first-order valence-corrected chi connectivity index (χ1v) is 8.75. The van der Waals surface area contributed by atoms with Crippen LogP contribution in [0.2, 0.25) is 0 Å². The van der Waals surface area contributed by atoms with E-state index in [1.807, 2.05) is 0 Å². The van der Waals surface area contributed by atoms with Gasteiger partial charge in [0.2, 0.25) is 5.88 Å². The fourth-order valence-corrected chi connectivity index (χ4v) is 3.19.